The van der Waals surface area contributed by atoms with Crippen LogP contribution in [0.2, 0.25) is 0 Å². The van der Waals surface area contributed by atoms with Crippen molar-refractivity contribution in [2.24, 2.45) is 0 Å². The van der Waals surface area contributed by atoms with Crippen LogP contribution in [0.4, 0.5) is 17.1 Å². The Morgan fingerprint density at radius 2 is 1.27 bits per heavy atom. The maximum atomic E-state index is 4.29. The van der Waals surface area contributed by atoms with E-state index in [9.17, 15) is 0 Å². The van der Waals surface area contributed by atoms with Crippen molar-refractivity contribution in [3.63, 3.8) is 0 Å². The predicted molar refractivity (Wildman–Crippen MR) is 193 cm³/mol. The molecule has 45 heavy (non-hydrogen) atoms. The summed E-state index contributed by atoms with van der Waals surface area (Å²) in [6.45, 7) is 4.29. The molecular weight excluding hydrogens is 546 g/mol. The summed E-state index contributed by atoms with van der Waals surface area (Å²) in [5.41, 5.74) is 11.1. The second-order valence-corrected chi connectivity index (χ2v) is 10.9. The van der Waals surface area contributed by atoms with E-state index >= 15 is 0 Å². The Balaban J connectivity index is 1.03. The van der Waals surface area contributed by atoms with Crippen LogP contribution in [0.5, 0.6) is 0 Å². The van der Waals surface area contributed by atoms with E-state index in [-0.39, 0.29) is 0 Å². The van der Waals surface area contributed by atoms with Gasteiger partial charge in [0, 0.05) is 45.3 Å². The van der Waals surface area contributed by atoms with Crippen LogP contribution in [0.1, 0.15) is 5.56 Å². The van der Waals surface area contributed by atoms with Gasteiger partial charge in [0.15, 0.2) is 0 Å². The number of hydrogen-bond donors (Lipinski definition) is 2. The smallest absolute Gasteiger partial charge is 0.0542 e. The Bertz CT molecular complexity index is 2150. The van der Waals surface area contributed by atoms with Gasteiger partial charge in [0.05, 0.1) is 11.0 Å². The molecule has 0 fully saturated rings. The van der Waals surface area contributed by atoms with Gasteiger partial charge in [-0.3, -0.25) is 0 Å². The number of rotatable bonds is 9. The Morgan fingerprint density at radius 1 is 0.578 bits per heavy atom. The third-order valence-electron chi connectivity index (χ3n) is 7.99. The highest BCUT2D eigenvalue weighted by Crippen LogP contribution is 2.34. The van der Waals surface area contributed by atoms with Gasteiger partial charge in [0.25, 0.3) is 0 Å². The summed E-state index contributed by atoms with van der Waals surface area (Å²) < 4.78 is 2.32. The van der Waals surface area contributed by atoms with Crippen LogP contribution in [0, 0.1) is 0 Å². The normalized spacial score (nSPS) is 11.5. The average Bonchev–Trinajstić information content (AvgIpc) is 3.43. The number of nitrogens with one attached hydrogen (secondary N) is 2. The van der Waals surface area contributed by atoms with Gasteiger partial charge >= 0.3 is 0 Å². The van der Waals surface area contributed by atoms with Crippen molar-refractivity contribution < 1.29 is 0 Å². The number of anilines is 3. The number of benzene rings is 6. The van der Waals surface area contributed by atoms with Crippen LogP contribution in [0.25, 0.3) is 44.2 Å². The minimum atomic E-state index is 0.956. The molecule has 0 spiro atoms. The standard InChI is InChI=1S/C42H33N3/c1-31(32-23-25-33(26-24-32)37-19-8-10-21-40(37)44-34-15-4-2-5-16-34)14-12-13-29-43-35-27-28-42-39(30-35)38-20-9-11-22-41(38)45(42)36-17-6-3-7-18-36/h2-30,43-44H,1H2/b14-12-,29-13-. The maximum absolute atomic E-state index is 4.29. The topological polar surface area (TPSA) is 29.0 Å². The lowest BCUT2D eigenvalue weighted by molar-refractivity contribution is 1.18. The molecule has 1 heterocycles. The van der Waals surface area contributed by atoms with E-state index in [0.717, 1.165) is 45.0 Å². The molecule has 0 unspecified atom stereocenters. The molecule has 6 aromatic carbocycles. The summed E-state index contributed by atoms with van der Waals surface area (Å²) in [5.74, 6) is 0. The molecule has 0 aliphatic carbocycles. The molecule has 0 radical (unpaired) electrons. The highest BCUT2D eigenvalue weighted by Gasteiger charge is 2.12. The van der Waals surface area contributed by atoms with Gasteiger partial charge < -0.3 is 15.2 Å². The Hall–Kier alpha value is -6.06. The maximum Gasteiger partial charge on any atom is 0.0542 e. The molecule has 3 nitrogen and oxygen atoms in total. The summed E-state index contributed by atoms with van der Waals surface area (Å²) in [4.78, 5) is 0. The molecule has 0 saturated heterocycles. The van der Waals surface area contributed by atoms with Crippen molar-refractivity contribution in [3.05, 3.63) is 188 Å². The first-order valence-electron chi connectivity index (χ1n) is 15.1. The quantitative estimate of drug-likeness (QED) is 0.167. The molecule has 0 aliphatic rings. The van der Waals surface area contributed by atoms with Crippen LogP contribution in [-0.2, 0) is 0 Å². The van der Waals surface area contributed by atoms with Gasteiger partial charge in [-0.25, -0.2) is 0 Å². The monoisotopic (exact) mass is 579 g/mol. The van der Waals surface area contributed by atoms with E-state index in [4.69, 9.17) is 0 Å². The fourth-order valence-corrected chi connectivity index (χ4v) is 5.77. The van der Waals surface area contributed by atoms with Crippen LogP contribution >= 0.6 is 0 Å². The lowest BCUT2D eigenvalue weighted by Gasteiger charge is -2.13. The van der Waals surface area contributed by atoms with E-state index < -0.39 is 0 Å². The average molecular weight is 580 g/mol. The largest absolute Gasteiger partial charge is 0.362 e. The SMILES string of the molecule is C=C(/C=C\C=C/Nc1ccc2c(c1)c1ccccc1n2-c1ccccc1)c1ccc(-c2ccccc2Nc2ccccc2)cc1. The van der Waals surface area contributed by atoms with E-state index in [1.807, 2.05) is 42.6 Å². The van der Waals surface area contributed by atoms with Gasteiger partial charge in [-0.05, 0) is 77.4 Å². The van der Waals surface area contributed by atoms with Gasteiger partial charge in [0.2, 0.25) is 0 Å². The van der Waals surface area contributed by atoms with Crippen LogP contribution in [-0.4, -0.2) is 4.57 Å². The Morgan fingerprint density at radius 3 is 2.09 bits per heavy atom. The predicted octanol–water partition coefficient (Wildman–Crippen LogP) is 11.4. The molecule has 0 atom stereocenters. The Labute approximate surface area is 264 Å². The molecule has 0 aliphatic heterocycles. The fraction of sp³-hybridized carbons (Fsp3) is 0. The zero-order valence-electron chi connectivity index (χ0n) is 24.9. The zero-order chi connectivity index (χ0) is 30.4. The summed E-state index contributed by atoms with van der Waals surface area (Å²) in [5, 5.41) is 9.44. The van der Waals surface area contributed by atoms with Crippen LogP contribution in [0.15, 0.2) is 183 Å². The molecule has 0 bridgehead atoms. The molecule has 1 aromatic heterocycles. The molecule has 216 valence electrons. The minimum Gasteiger partial charge on any atom is -0.362 e. The summed E-state index contributed by atoms with van der Waals surface area (Å²) in [6.07, 6.45) is 8.01. The molecular formula is C42H33N3. The summed E-state index contributed by atoms with van der Waals surface area (Å²) in [6, 6.07) is 52.8. The van der Waals surface area contributed by atoms with Crippen LogP contribution in [0.3, 0.4) is 0 Å². The number of allylic oxidation sites excluding steroid dienone is 4. The van der Waals surface area contributed by atoms with Gasteiger partial charge in [-0.1, -0.05) is 116 Å². The third-order valence-corrected chi connectivity index (χ3v) is 7.99. The second kappa shape index (κ2) is 12.7. The van der Waals surface area contributed by atoms with Crippen molar-refractivity contribution in [2.75, 3.05) is 10.6 Å². The second-order valence-electron chi connectivity index (χ2n) is 10.9. The summed E-state index contributed by atoms with van der Waals surface area (Å²) >= 11 is 0. The van der Waals surface area contributed by atoms with Gasteiger partial charge in [-0.15, -0.1) is 0 Å². The van der Waals surface area contributed by atoms with Crippen molar-refractivity contribution in [1.82, 2.24) is 4.57 Å². The number of hydrogen-bond acceptors (Lipinski definition) is 2. The van der Waals surface area contributed by atoms with E-state index in [1.165, 1.54) is 21.8 Å². The highest BCUT2D eigenvalue weighted by molar-refractivity contribution is 6.10. The molecule has 0 amide bonds. The van der Waals surface area contributed by atoms with E-state index in [0.29, 0.717) is 0 Å². The summed E-state index contributed by atoms with van der Waals surface area (Å²) in [7, 11) is 0. The number of fused-ring (bicyclic) bond motifs is 3. The van der Waals surface area contributed by atoms with Crippen molar-refractivity contribution >= 4 is 44.4 Å². The van der Waals surface area contributed by atoms with Crippen molar-refractivity contribution in [1.29, 1.82) is 0 Å². The Kier molecular flexibility index (Phi) is 7.81. The highest BCUT2D eigenvalue weighted by atomic mass is 15.0. The molecule has 0 saturated carbocycles. The van der Waals surface area contributed by atoms with Gasteiger partial charge in [-0.2, -0.15) is 0 Å². The first-order chi connectivity index (χ1) is 22.2. The lowest BCUT2D eigenvalue weighted by Crippen LogP contribution is -1.93. The number of nitrogens with zero attached hydrogens (tertiary/aromatic N) is 1. The number of aromatic nitrogens is 1. The minimum absolute atomic E-state index is 0.956. The van der Waals surface area contributed by atoms with Crippen molar-refractivity contribution in [2.45, 2.75) is 0 Å². The molecule has 7 rings (SSSR count). The zero-order valence-corrected chi connectivity index (χ0v) is 24.9. The van der Waals surface area contributed by atoms with E-state index in [1.54, 1.807) is 0 Å². The lowest BCUT2D eigenvalue weighted by atomic mass is 9.99. The number of para-hydroxylation sites is 4. The van der Waals surface area contributed by atoms with Crippen molar-refractivity contribution in [3.8, 4) is 16.8 Å². The van der Waals surface area contributed by atoms with E-state index in [2.05, 4.69) is 155 Å². The van der Waals surface area contributed by atoms with Crippen LogP contribution < -0.4 is 10.6 Å². The molecule has 7 aromatic rings. The first kappa shape index (κ1) is 27.8. The van der Waals surface area contributed by atoms with Gasteiger partial charge in [0.1, 0.15) is 0 Å². The fourth-order valence-electron chi connectivity index (χ4n) is 5.77. The first-order valence-corrected chi connectivity index (χ1v) is 15.1. The third kappa shape index (κ3) is 5.93. The molecule has 3 heteroatoms. The molecule has 2 N–H and O–H groups in total.